The van der Waals surface area contributed by atoms with Crippen LogP contribution in [-0.2, 0) is 25.8 Å². The number of amides is 2. The van der Waals surface area contributed by atoms with Crippen LogP contribution in [0.15, 0.2) is 65.6 Å². The number of nitrogens with zero attached hydrogens (tertiary/aromatic N) is 2. The molecule has 2 aliphatic rings. The van der Waals surface area contributed by atoms with Gasteiger partial charge in [-0.1, -0.05) is 24.3 Å². The molecule has 0 fully saturated rings. The summed E-state index contributed by atoms with van der Waals surface area (Å²) in [5, 5.41) is 3.34. The first-order valence-corrected chi connectivity index (χ1v) is 14.0. The van der Waals surface area contributed by atoms with Gasteiger partial charge >= 0.3 is 0 Å². The molecule has 0 bridgehead atoms. The molecular weight excluding hydrogens is 490 g/mol. The maximum atomic E-state index is 13.9. The fraction of sp³-hybridized carbons (Fsp3) is 0.286. The Morgan fingerprint density at radius 3 is 2.35 bits per heavy atom. The van der Waals surface area contributed by atoms with Crippen LogP contribution >= 0.6 is 0 Å². The van der Waals surface area contributed by atoms with Crippen LogP contribution in [0.5, 0.6) is 5.75 Å². The number of nitrogens with one attached hydrogen (secondary N) is 1. The van der Waals surface area contributed by atoms with Gasteiger partial charge in [-0.05, 0) is 54.4 Å². The largest absolute Gasteiger partial charge is 0.496 e. The molecule has 0 spiro atoms. The van der Waals surface area contributed by atoms with Gasteiger partial charge < -0.3 is 19.9 Å². The summed E-state index contributed by atoms with van der Waals surface area (Å²) < 4.78 is 29.2. The number of hydrogen-bond donors (Lipinski definition) is 1. The van der Waals surface area contributed by atoms with Crippen molar-refractivity contribution < 1.29 is 22.7 Å². The molecule has 2 amide bonds. The molecule has 2 heterocycles. The van der Waals surface area contributed by atoms with Gasteiger partial charge in [-0.25, -0.2) is 8.42 Å². The quantitative estimate of drug-likeness (QED) is 0.562. The number of hydrogen-bond acceptors (Lipinski definition) is 6. The standard InChI is InChI=1S/C28H29N3O5S/c1-17-16-30(28(33)24-15-22-23(29-24)6-5-7-27(22)36-3)26-14-20(10-13-25(26)31(17)18(2)32)19-8-11-21(12-9-19)37(4,34)35/h5-14,17,24,29H,15-16H2,1-4H3/t17-,24?/m0/s1. The number of methoxy groups -OCH3 is 1. The highest BCUT2D eigenvalue weighted by Gasteiger charge is 2.38. The number of ether oxygens (including phenoxy) is 1. The Bertz CT molecular complexity index is 1500. The summed E-state index contributed by atoms with van der Waals surface area (Å²) in [6, 6.07) is 17.3. The number of fused-ring (bicyclic) bond motifs is 2. The van der Waals surface area contributed by atoms with E-state index in [2.05, 4.69) is 5.32 Å². The second kappa shape index (κ2) is 9.23. The maximum Gasteiger partial charge on any atom is 0.249 e. The number of sulfone groups is 1. The molecule has 0 saturated heterocycles. The van der Waals surface area contributed by atoms with Crippen LogP contribution in [0.2, 0.25) is 0 Å². The summed E-state index contributed by atoms with van der Waals surface area (Å²) in [6.07, 6.45) is 1.67. The second-order valence-electron chi connectivity index (χ2n) is 9.57. The lowest BCUT2D eigenvalue weighted by atomic mass is 9.99. The normalized spacial score (nSPS) is 18.6. The van der Waals surface area contributed by atoms with Gasteiger partial charge in [0.1, 0.15) is 11.8 Å². The monoisotopic (exact) mass is 519 g/mol. The van der Waals surface area contributed by atoms with Gasteiger partial charge in [-0.2, -0.15) is 0 Å². The Hall–Kier alpha value is -3.85. The van der Waals surface area contributed by atoms with E-state index in [1.54, 1.807) is 41.2 Å². The summed E-state index contributed by atoms with van der Waals surface area (Å²) in [5.74, 6) is 0.566. The van der Waals surface area contributed by atoms with Crippen molar-refractivity contribution in [3.05, 3.63) is 66.2 Å². The first-order valence-electron chi connectivity index (χ1n) is 12.1. The van der Waals surface area contributed by atoms with Gasteiger partial charge in [-0.3, -0.25) is 9.59 Å². The van der Waals surface area contributed by atoms with Crippen LogP contribution in [0.25, 0.3) is 11.1 Å². The molecule has 0 radical (unpaired) electrons. The summed E-state index contributed by atoms with van der Waals surface area (Å²) in [5.41, 5.74) is 4.80. The van der Waals surface area contributed by atoms with Crippen molar-refractivity contribution in [1.29, 1.82) is 0 Å². The van der Waals surface area contributed by atoms with Crippen LogP contribution in [-0.4, -0.2) is 52.2 Å². The molecular formula is C28H29N3O5S. The molecule has 0 saturated carbocycles. The summed E-state index contributed by atoms with van der Waals surface area (Å²) in [6.45, 7) is 3.81. The Kier molecular flexibility index (Phi) is 6.19. The highest BCUT2D eigenvalue weighted by atomic mass is 32.2. The van der Waals surface area contributed by atoms with E-state index in [-0.39, 0.29) is 22.8 Å². The summed E-state index contributed by atoms with van der Waals surface area (Å²) >= 11 is 0. The zero-order valence-electron chi connectivity index (χ0n) is 21.2. The highest BCUT2D eigenvalue weighted by Crippen LogP contribution is 2.41. The average molecular weight is 520 g/mol. The minimum Gasteiger partial charge on any atom is -0.496 e. The summed E-state index contributed by atoms with van der Waals surface area (Å²) in [7, 11) is -1.69. The molecule has 3 aromatic rings. The van der Waals surface area contributed by atoms with Crippen LogP contribution in [0.1, 0.15) is 19.4 Å². The fourth-order valence-electron chi connectivity index (χ4n) is 5.27. The molecule has 37 heavy (non-hydrogen) atoms. The third-order valence-corrected chi connectivity index (χ3v) is 8.15. The molecule has 9 heteroatoms. The number of carbonyl (C=O) groups excluding carboxylic acids is 2. The maximum absolute atomic E-state index is 13.9. The van der Waals surface area contributed by atoms with Gasteiger partial charge in [0.05, 0.1) is 29.4 Å². The number of anilines is 3. The van der Waals surface area contributed by atoms with Crippen molar-refractivity contribution in [3.63, 3.8) is 0 Å². The van der Waals surface area contributed by atoms with Crippen molar-refractivity contribution in [3.8, 4) is 16.9 Å². The van der Waals surface area contributed by atoms with Crippen LogP contribution < -0.4 is 19.9 Å². The smallest absolute Gasteiger partial charge is 0.249 e. The van der Waals surface area contributed by atoms with Crippen LogP contribution in [0, 0.1) is 0 Å². The molecule has 2 aliphatic heterocycles. The van der Waals surface area contributed by atoms with E-state index in [1.165, 1.54) is 13.2 Å². The molecule has 0 aromatic heterocycles. The van der Waals surface area contributed by atoms with Gasteiger partial charge in [0.2, 0.25) is 11.8 Å². The van der Waals surface area contributed by atoms with Gasteiger partial charge in [0.25, 0.3) is 0 Å². The Balaban J connectivity index is 1.53. The van der Waals surface area contributed by atoms with E-state index in [1.807, 2.05) is 43.3 Å². The van der Waals surface area contributed by atoms with E-state index < -0.39 is 15.9 Å². The third-order valence-electron chi connectivity index (χ3n) is 7.02. The topological polar surface area (TPSA) is 96.0 Å². The summed E-state index contributed by atoms with van der Waals surface area (Å²) in [4.78, 5) is 30.2. The van der Waals surface area contributed by atoms with E-state index in [4.69, 9.17) is 4.74 Å². The zero-order chi connectivity index (χ0) is 26.5. The number of rotatable bonds is 4. The van der Waals surface area contributed by atoms with Crippen molar-refractivity contribution in [1.82, 2.24) is 0 Å². The van der Waals surface area contributed by atoms with Crippen molar-refractivity contribution in [2.24, 2.45) is 0 Å². The predicted molar refractivity (Wildman–Crippen MR) is 144 cm³/mol. The second-order valence-corrected chi connectivity index (χ2v) is 11.6. The molecule has 5 rings (SSSR count). The van der Waals surface area contributed by atoms with Crippen LogP contribution in [0.4, 0.5) is 17.1 Å². The Labute approximate surface area is 216 Å². The lowest BCUT2D eigenvalue weighted by Crippen LogP contribution is -2.54. The molecule has 1 unspecified atom stereocenters. The first kappa shape index (κ1) is 24.8. The molecule has 3 aromatic carbocycles. The molecule has 8 nitrogen and oxygen atoms in total. The molecule has 1 N–H and O–H groups in total. The molecule has 192 valence electrons. The van der Waals surface area contributed by atoms with Crippen LogP contribution in [0.3, 0.4) is 0 Å². The van der Waals surface area contributed by atoms with E-state index >= 15 is 0 Å². The Morgan fingerprint density at radius 2 is 1.70 bits per heavy atom. The van der Waals surface area contributed by atoms with E-state index in [9.17, 15) is 18.0 Å². The fourth-order valence-corrected chi connectivity index (χ4v) is 5.90. The zero-order valence-corrected chi connectivity index (χ0v) is 22.0. The average Bonchev–Trinajstić information content (AvgIpc) is 3.31. The lowest BCUT2D eigenvalue weighted by Gasteiger charge is -2.41. The predicted octanol–water partition coefficient (Wildman–Crippen LogP) is 3.89. The van der Waals surface area contributed by atoms with Gasteiger partial charge in [0.15, 0.2) is 9.84 Å². The number of carbonyl (C=O) groups is 2. The van der Waals surface area contributed by atoms with E-state index in [0.29, 0.717) is 24.3 Å². The van der Waals surface area contributed by atoms with Crippen molar-refractivity contribution >= 4 is 38.7 Å². The first-order chi connectivity index (χ1) is 17.6. The molecule has 0 aliphatic carbocycles. The third kappa shape index (κ3) is 4.44. The van der Waals surface area contributed by atoms with Gasteiger partial charge in [0, 0.05) is 37.4 Å². The van der Waals surface area contributed by atoms with Crippen molar-refractivity contribution in [2.45, 2.75) is 37.2 Å². The lowest BCUT2D eigenvalue weighted by molar-refractivity contribution is -0.120. The van der Waals surface area contributed by atoms with Gasteiger partial charge in [-0.15, -0.1) is 0 Å². The highest BCUT2D eigenvalue weighted by molar-refractivity contribution is 7.90. The SMILES string of the molecule is COc1cccc2c1CC(C(=O)N1C[C@H](C)N(C(C)=O)c3ccc(-c4ccc(S(C)(=O)=O)cc4)cc31)N2. The van der Waals surface area contributed by atoms with E-state index in [0.717, 1.165) is 28.1 Å². The van der Waals surface area contributed by atoms with Crippen molar-refractivity contribution in [2.75, 3.05) is 35.0 Å². The Morgan fingerprint density at radius 1 is 1.00 bits per heavy atom. The number of benzene rings is 3. The minimum atomic E-state index is -3.31. The minimum absolute atomic E-state index is 0.0841. The molecule has 2 atom stereocenters.